The van der Waals surface area contributed by atoms with Crippen molar-refractivity contribution in [3.63, 3.8) is 0 Å². The van der Waals surface area contributed by atoms with Gasteiger partial charge >= 0.3 is 0 Å². The van der Waals surface area contributed by atoms with Crippen LogP contribution < -0.4 is 11.4 Å². The molecule has 0 spiro atoms. The van der Waals surface area contributed by atoms with E-state index in [9.17, 15) is 4.79 Å². The molecule has 0 aliphatic heterocycles. The van der Waals surface area contributed by atoms with Crippen LogP contribution in [-0.2, 0) is 12.8 Å². The minimum absolute atomic E-state index is 0.110. The van der Waals surface area contributed by atoms with Gasteiger partial charge in [0.2, 0.25) is 10.9 Å². The molecule has 0 aliphatic carbocycles. The molecule has 29 heavy (non-hydrogen) atoms. The highest BCUT2D eigenvalue weighted by Crippen LogP contribution is 2.27. The zero-order valence-electron chi connectivity index (χ0n) is 15.6. The molecule has 0 bridgehead atoms. The summed E-state index contributed by atoms with van der Waals surface area (Å²) in [5, 5.41) is 18.0. The lowest BCUT2D eigenvalue weighted by Crippen LogP contribution is -2.20. The van der Waals surface area contributed by atoms with Crippen LogP contribution in [0.25, 0.3) is 28.1 Å². The van der Waals surface area contributed by atoms with E-state index in [0.29, 0.717) is 33.7 Å². The van der Waals surface area contributed by atoms with E-state index in [1.165, 1.54) is 21.0 Å². The van der Waals surface area contributed by atoms with E-state index in [-0.39, 0.29) is 5.56 Å². The van der Waals surface area contributed by atoms with Crippen LogP contribution >= 0.6 is 11.8 Å². The minimum Gasteiger partial charge on any atom is -0.469 e. The Hall–Kier alpha value is -3.60. The molecule has 0 fully saturated rings. The third kappa shape index (κ3) is 2.62. The van der Waals surface area contributed by atoms with Crippen molar-refractivity contribution in [2.75, 3.05) is 5.84 Å². The molecular formula is C18H16N8O2S. The smallest absolute Gasteiger partial charge is 0.262 e. The molecule has 2 N–H and O–H groups in total. The second-order valence-corrected chi connectivity index (χ2v) is 7.43. The van der Waals surface area contributed by atoms with Gasteiger partial charge in [0.05, 0.1) is 28.5 Å². The van der Waals surface area contributed by atoms with Crippen LogP contribution in [0.5, 0.6) is 0 Å². The summed E-state index contributed by atoms with van der Waals surface area (Å²) in [6.45, 7) is 1.84. The highest BCUT2D eigenvalue weighted by Gasteiger charge is 2.18. The fraction of sp³-hybridized carbons (Fsp3) is 0.167. The van der Waals surface area contributed by atoms with E-state index in [2.05, 4.69) is 20.4 Å². The largest absolute Gasteiger partial charge is 0.469 e. The maximum Gasteiger partial charge on any atom is 0.262 e. The number of nitrogens with zero attached hydrogens (tertiary/aromatic N) is 7. The lowest BCUT2D eigenvalue weighted by Gasteiger charge is -2.07. The Kier molecular flexibility index (Phi) is 3.91. The summed E-state index contributed by atoms with van der Waals surface area (Å²) in [5.41, 5.74) is 1.44. The molecule has 0 unspecified atom stereocenters. The van der Waals surface area contributed by atoms with Crippen molar-refractivity contribution in [3.8, 4) is 11.4 Å². The number of thioether (sulfide) groups is 1. The van der Waals surface area contributed by atoms with E-state index in [0.717, 1.165) is 16.8 Å². The Morgan fingerprint density at radius 1 is 1.14 bits per heavy atom. The van der Waals surface area contributed by atoms with Crippen LogP contribution in [-0.4, -0.2) is 34.0 Å². The number of nitrogen functional groups attached to an aromatic ring is 1. The Balaban J connectivity index is 1.54. The number of para-hydroxylation sites is 1. The molecular weight excluding hydrogens is 392 g/mol. The quantitative estimate of drug-likeness (QED) is 0.352. The molecule has 0 atom stereocenters. The van der Waals surface area contributed by atoms with E-state index in [1.807, 2.05) is 29.5 Å². The van der Waals surface area contributed by atoms with Gasteiger partial charge in [-0.25, -0.2) is 4.68 Å². The highest BCUT2D eigenvalue weighted by atomic mass is 32.2. The molecule has 1 aromatic carbocycles. The first-order valence-electron chi connectivity index (χ1n) is 8.75. The van der Waals surface area contributed by atoms with Gasteiger partial charge in [0, 0.05) is 7.05 Å². The Labute approximate surface area is 167 Å². The van der Waals surface area contributed by atoms with Crippen molar-refractivity contribution in [1.29, 1.82) is 0 Å². The van der Waals surface area contributed by atoms with Crippen molar-refractivity contribution >= 4 is 28.4 Å². The van der Waals surface area contributed by atoms with E-state index in [1.54, 1.807) is 25.4 Å². The number of hydrogen-bond donors (Lipinski definition) is 1. The highest BCUT2D eigenvalue weighted by molar-refractivity contribution is 7.98. The Morgan fingerprint density at radius 2 is 1.97 bits per heavy atom. The Bertz CT molecular complexity index is 1430. The number of aromatic nitrogens is 7. The van der Waals surface area contributed by atoms with Crippen molar-refractivity contribution in [3.05, 3.63) is 58.5 Å². The van der Waals surface area contributed by atoms with E-state index in [4.69, 9.17) is 10.3 Å². The summed E-state index contributed by atoms with van der Waals surface area (Å²) >= 11 is 1.39. The van der Waals surface area contributed by atoms with Crippen molar-refractivity contribution in [2.24, 2.45) is 7.05 Å². The molecule has 0 saturated heterocycles. The molecule has 0 saturated carbocycles. The van der Waals surface area contributed by atoms with E-state index >= 15 is 0 Å². The van der Waals surface area contributed by atoms with E-state index < -0.39 is 0 Å². The molecule has 11 heteroatoms. The maximum atomic E-state index is 12.5. The SMILES string of the molecule is Cc1occc1-c1nnc(SCc2nnc3n(C)c(=O)c4ccccc4n23)n1N. The number of hydrogen-bond acceptors (Lipinski definition) is 8. The molecule has 5 aromatic rings. The minimum atomic E-state index is -0.110. The average Bonchev–Trinajstić information content (AvgIpc) is 3.43. The second kappa shape index (κ2) is 6.48. The van der Waals surface area contributed by atoms with Crippen molar-refractivity contribution in [2.45, 2.75) is 17.8 Å². The van der Waals surface area contributed by atoms with Crippen molar-refractivity contribution < 1.29 is 4.42 Å². The van der Waals surface area contributed by atoms with Gasteiger partial charge in [-0.2, -0.15) is 0 Å². The Morgan fingerprint density at radius 3 is 2.76 bits per heavy atom. The topological polar surface area (TPSA) is 122 Å². The fourth-order valence-electron chi connectivity index (χ4n) is 3.29. The van der Waals surface area contributed by atoms with Gasteiger partial charge in [-0.3, -0.25) is 13.8 Å². The molecule has 5 rings (SSSR count). The number of rotatable bonds is 4. The van der Waals surface area contributed by atoms with Crippen LogP contribution in [0.4, 0.5) is 0 Å². The number of furan rings is 1. The van der Waals surface area contributed by atoms with Gasteiger partial charge in [-0.1, -0.05) is 23.9 Å². The molecule has 4 heterocycles. The lowest BCUT2D eigenvalue weighted by atomic mass is 10.2. The summed E-state index contributed by atoms with van der Waals surface area (Å²) in [6, 6.07) is 9.20. The molecule has 0 aliphatic rings. The van der Waals surface area contributed by atoms with Crippen LogP contribution in [0.1, 0.15) is 11.6 Å². The molecule has 0 amide bonds. The van der Waals surface area contributed by atoms with Crippen LogP contribution in [0.3, 0.4) is 0 Å². The third-order valence-electron chi connectivity index (χ3n) is 4.79. The van der Waals surface area contributed by atoms with Crippen molar-refractivity contribution in [1.82, 2.24) is 34.0 Å². The number of fused-ring (bicyclic) bond motifs is 3. The number of aryl methyl sites for hydroxylation is 2. The first-order chi connectivity index (χ1) is 14.1. The van der Waals surface area contributed by atoms with Crippen LogP contribution in [0, 0.1) is 6.92 Å². The first-order valence-corrected chi connectivity index (χ1v) is 9.74. The predicted molar refractivity (Wildman–Crippen MR) is 108 cm³/mol. The van der Waals surface area contributed by atoms with Gasteiger partial charge in [-0.15, -0.1) is 20.4 Å². The fourth-order valence-corrected chi connectivity index (χ4v) is 4.06. The normalized spacial score (nSPS) is 11.7. The van der Waals surface area contributed by atoms with Crippen LogP contribution in [0.15, 0.2) is 51.0 Å². The molecule has 4 aromatic heterocycles. The summed E-state index contributed by atoms with van der Waals surface area (Å²) in [6.07, 6.45) is 1.59. The van der Waals surface area contributed by atoms with Crippen LogP contribution in [0.2, 0.25) is 0 Å². The van der Waals surface area contributed by atoms with Gasteiger partial charge in [-0.05, 0) is 25.1 Å². The monoisotopic (exact) mass is 408 g/mol. The third-order valence-corrected chi connectivity index (χ3v) is 5.73. The number of benzene rings is 1. The molecule has 146 valence electrons. The standard InChI is InChI=1S/C18H16N8O2S/c1-10-11(7-8-28-10)15-21-23-18(26(15)19)29-9-14-20-22-17-24(2)16(27)12-5-3-4-6-13(12)25(14)17/h3-8H,9,19H2,1-2H3. The second-order valence-electron chi connectivity index (χ2n) is 6.49. The van der Waals surface area contributed by atoms with Gasteiger partial charge in [0.1, 0.15) is 11.6 Å². The predicted octanol–water partition coefficient (Wildman–Crippen LogP) is 1.75. The first kappa shape index (κ1) is 17.5. The average molecular weight is 408 g/mol. The summed E-state index contributed by atoms with van der Waals surface area (Å²) in [4.78, 5) is 12.5. The summed E-state index contributed by atoms with van der Waals surface area (Å²) in [7, 11) is 1.69. The lowest BCUT2D eigenvalue weighted by molar-refractivity contribution is 0.535. The van der Waals surface area contributed by atoms with Gasteiger partial charge in [0.25, 0.3) is 5.56 Å². The summed E-state index contributed by atoms with van der Waals surface area (Å²) in [5.74, 6) is 9.04. The zero-order chi connectivity index (χ0) is 20.1. The zero-order valence-corrected chi connectivity index (χ0v) is 16.4. The molecule has 0 radical (unpaired) electrons. The number of nitrogens with two attached hydrogens (primary N) is 1. The molecule has 10 nitrogen and oxygen atoms in total. The summed E-state index contributed by atoms with van der Waals surface area (Å²) < 4.78 is 10.1. The van der Waals surface area contributed by atoms with Gasteiger partial charge in [0.15, 0.2) is 5.82 Å². The van der Waals surface area contributed by atoms with Gasteiger partial charge < -0.3 is 10.3 Å². The maximum absolute atomic E-state index is 12.5.